The summed E-state index contributed by atoms with van der Waals surface area (Å²) in [5.74, 6) is -4.24. The molecular formula is C27H36N4O13S2. The van der Waals surface area contributed by atoms with Gasteiger partial charge in [-0.2, -0.15) is 0 Å². The monoisotopic (exact) mass is 688 g/mol. The Morgan fingerprint density at radius 2 is 1.33 bits per heavy atom. The fourth-order valence-electron chi connectivity index (χ4n) is 4.61. The molecule has 0 bridgehead atoms. The highest BCUT2D eigenvalue weighted by Crippen LogP contribution is 2.41. The van der Waals surface area contributed by atoms with Gasteiger partial charge in [0.15, 0.2) is 0 Å². The van der Waals surface area contributed by atoms with Crippen LogP contribution >= 0.6 is 23.5 Å². The Balaban J connectivity index is 0.000000275. The van der Waals surface area contributed by atoms with Crippen LogP contribution in [0.1, 0.15) is 27.2 Å². The summed E-state index contributed by atoms with van der Waals surface area (Å²) in [5.41, 5.74) is 6.06. The van der Waals surface area contributed by atoms with E-state index in [0.717, 1.165) is 11.3 Å². The summed E-state index contributed by atoms with van der Waals surface area (Å²) in [6.07, 6.45) is 0.898. The first-order valence-electron chi connectivity index (χ1n) is 14.1. The molecule has 0 aromatic carbocycles. The van der Waals surface area contributed by atoms with E-state index in [9.17, 15) is 38.7 Å². The van der Waals surface area contributed by atoms with Crippen LogP contribution in [-0.2, 0) is 52.5 Å². The Morgan fingerprint density at radius 1 is 0.826 bits per heavy atom. The number of ether oxygens (including phenoxy) is 4. The molecule has 46 heavy (non-hydrogen) atoms. The van der Waals surface area contributed by atoms with Crippen molar-refractivity contribution in [3.63, 3.8) is 0 Å². The first-order valence-corrected chi connectivity index (χ1v) is 16.2. The highest BCUT2D eigenvalue weighted by atomic mass is 32.2. The molecule has 0 spiro atoms. The molecule has 0 saturated carbocycles. The van der Waals surface area contributed by atoms with Crippen LogP contribution in [0.15, 0.2) is 22.5 Å². The van der Waals surface area contributed by atoms with Gasteiger partial charge in [-0.25, -0.2) is 9.59 Å². The molecule has 0 aromatic heterocycles. The molecule has 17 nitrogen and oxygen atoms in total. The van der Waals surface area contributed by atoms with Gasteiger partial charge < -0.3 is 40.2 Å². The van der Waals surface area contributed by atoms with Crippen molar-refractivity contribution < 1.29 is 62.7 Å². The fourth-order valence-corrected chi connectivity index (χ4v) is 7.21. The van der Waals surface area contributed by atoms with Crippen molar-refractivity contribution in [3.05, 3.63) is 22.5 Å². The van der Waals surface area contributed by atoms with Gasteiger partial charge in [-0.15, -0.1) is 23.5 Å². The van der Waals surface area contributed by atoms with E-state index in [1.165, 1.54) is 42.3 Å². The number of β-lactam (4-membered cyclic amide) rings is 2. The van der Waals surface area contributed by atoms with E-state index in [-0.39, 0.29) is 48.9 Å². The molecule has 19 heteroatoms. The number of carbonyl (C=O) groups is 7. The summed E-state index contributed by atoms with van der Waals surface area (Å²) in [6.45, 7) is 5.20. The largest absolute Gasteiger partial charge is 0.477 e. The minimum atomic E-state index is -1.28. The number of rotatable bonds is 14. The molecule has 0 aromatic rings. The topological polar surface area (TPSA) is 241 Å². The summed E-state index contributed by atoms with van der Waals surface area (Å²) in [4.78, 5) is 82.8. The second kappa shape index (κ2) is 16.8. The predicted octanol–water partition coefficient (Wildman–Crippen LogP) is -1.14. The quantitative estimate of drug-likeness (QED) is 0.0958. The van der Waals surface area contributed by atoms with Gasteiger partial charge in [0.05, 0.1) is 13.2 Å². The van der Waals surface area contributed by atoms with Gasteiger partial charge in [0, 0.05) is 43.1 Å². The number of carbonyl (C=O) groups excluding carboxylic acids is 5. The highest BCUT2D eigenvalue weighted by molar-refractivity contribution is 8.00. The lowest BCUT2D eigenvalue weighted by molar-refractivity contribution is -0.151. The molecule has 0 aliphatic carbocycles. The van der Waals surface area contributed by atoms with E-state index in [0.29, 0.717) is 30.1 Å². The zero-order valence-corrected chi connectivity index (χ0v) is 27.0. The number of thioether (sulfide) groups is 2. The first-order chi connectivity index (χ1) is 21.8. The zero-order valence-electron chi connectivity index (χ0n) is 25.3. The average Bonchev–Trinajstić information content (AvgIpc) is 3.01. The maximum absolute atomic E-state index is 12.4. The summed E-state index contributed by atoms with van der Waals surface area (Å²) < 4.78 is 20.1. The van der Waals surface area contributed by atoms with Gasteiger partial charge in [0.1, 0.15) is 54.0 Å². The van der Waals surface area contributed by atoms with E-state index in [1.54, 1.807) is 0 Å². The summed E-state index contributed by atoms with van der Waals surface area (Å²) in [7, 11) is 0. The number of hydrogen-bond acceptors (Lipinski definition) is 14. The van der Waals surface area contributed by atoms with Crippen LogP contribution in [0.2, 0.25) is 0 Å². The average molecular weight is 689 g/mol. The number of carboxylic acids is 2. The maximum Gasteiger partial charge on any atom is 0.352 e. The smallest absolute Gasteiger partial charge is 0.352 e. The van der Waals surface area contributed by atoms with Gasteiger partial charge in [-0.05, 0) is 6.42 Å². The molecule has 2 saturated heterocycles. The molecule has 5 N–H and O–H groups in total. The van der Waals surface area contributed by atoms with Crippen LogP contribution in [0.25, 0.3) is 0 Å². The molecule has 2 fully saturated rings. The standard InChI is InChI=1S/C17H24N2O8S.C10H12N2O5S/c1-3-4-25-5-6-26-8-12(21)18-13-15(22)19-14(17(23)24)11(7-27-10(2)20)9-28-16(13)19;1-4(13)17-2-5-3-18-9-6(11)8(14)12(9)7(5)10(15)16/h13,16H,3-9H2,1-2H3,(H,18,21)(H,23,24);6,9H,2-3,11H2,1H3,(H,15,16)/t13-,16?;6-,9?/m11/s1. The molecule has 4 heterocycles. The van der Waals surface area contributed by atoms with Crippen molar-refractivity contribution in [3.8, 4) is 0 Å². The Hall–Kier alpha value is -3.65. The second-order valence-electron chi connectivity index (χ2n) is 10.1. The maximum atomic E-state index is 12.4. The third kappa shape index (κ3) is 8.78. The second-order valence-corrected chi connectivity index (χ2v) is 12.3. The first kappa shape index (κ1) is 36.8. The third-order valence-corrected chi connectivity index (χ3v) is 9.41. The molecule has 4 aliphatic rings. The van der Waals surface area contributed by atoms with E-state index in [1.807, 2.05) is 6.92 Å². The minimum absolute atomic E-state index is 0.105. The Labute approximate surface area is 272 Å². The van der Waals surface area contributed by atoms with Gasteiger partial charge in [0.25, 0.3) is 5.91 Å². The Bertz CT molecular complexity index is 1320. The van der Waals surface area contributed by atoms with Crippen molar-refractivity contribution in [2.24, 2.45) is 5.73 Å². The van der Waals surface area contributed by atoms with Gasteiger partial charge >= 0.3 is 23.9 Å². The fraction of sp³-hybridized carbons (Fsp3) is 0.593. The summed E-state index contributed by atoms with van der Waals surface area (Å²) in [6, 6.07) is -1.47. The molecule has 2 unspecified atom stereocenters. The van der Waals surface area contributed by atoms with Crippen molar-refractivity contribution in [1.82, 2.24) is 15.1 Å². The van der Waals surface area contributed by atoms with Crippen molar-refractivity contribution in [1.29, 1.82) is 0 Å². The summed E-state index contributed by atoms with van der Waals surface area (Å²) in [5, 5.41) is 20.4. The van der Waals surface area contributed by atoms with Crippen molar-refractivity contribution >= 4 is 65.1 Å². The molecule has 0 radical (unpaired) electrons. The van der Waals surface area contributed by atoms with Crippen LogP contribution < -0.4 is 11.1 Å². The molecular weight excluding hydrogens is 652 g/mol. The molecule has 4 rings (SSSR count). The van der Waals surface area contributed by atoms with Crippen LogP contribution in [0.5, 0.6) is 0 Å². The number of nitrogens with one attached hydrogen (secondary N) is 1. The lowest BCUT2D eigenvalue weighted by Gasteiger charge is -2.49. The van der Waals surface area contributed by atoms with Crippen LogP contribution in [0, 0.1) is 0 Å². The lowest BCUT2D eigenvalue weighted by atomic mass is 10.0. The number of hydrogen-bond donors (Lipinski definition) is 4. The molecule has 4 aliphatic heterocycles. The molecule has 3 amide bonds. The van der Waals surface area contributed by atoms with Gasteiger partial charge in [0.2, 0.25) is 11.8 Å². The Morgan fingerprint density at radius 3 is 1.83 bits per heavy atom. The predicted molar refractivity (Wildman–Crippen MR) is 161 cm³/mol. The van der Waals surface area contributed by atoms with Gasteiger partial charge in [-0.1, -0.05) is 6.92 Å². The number of fused-ring (bicyclic) bond motifs is 2. The van der Waals surface area contributed by atoms with E-state index in [4.69, 9.17) is 29.8 Å². The highest BCUT2D eigenvalue weighted by Gasteiger charge is 2.54. The van der Waals surface area contributed by atoms with Crippen molar-refractivity contribution in [2.75, 3.05) is 51.1 Å². The summed E-state index contributed by atoms with van der Waals surface area (Å²) >= 11 is 2.68. The third-order valence-electron chi connectivity index (χ3n) is 6.71. The van der Waals surface area contributed by atoms with E-state index in [2.05, 4.69) is 5.32 Å². The van der Waals surface area contributed by atoms with Gasteiger partial charge in [-0.3, -0.25) is 33.8 Å². The number of nitrogens with zero attached hydrogens (tertiary/aromatic N) is 2. The van der Waals surface area contributed by atoms with Crippen molar-refractivity contribution in [2.45, 2.75) is 50.0 Å². The number of esters is 2. The SMILES string of the molecule is CC(=O)OCC1=C(C(=O)O)N2C(=O)[C@@H](N)C2SC1.CCCOCCOCC(=O)N[C@@H]1C(=O)N2C(C(=O)O)=C(COC(C)=O)CSC12. The molecule has 254 valence electrons. The zero-order chi connectivity index (χ0) is 34.1. The number of nitrogens with two attached hydrogens (primary N) is 1. The van der Waals surface area contributed by atoms with E-state index < -0.39 is 59.1 Å². The van der Waals surface area contributed by atoms with Crippen LogP contribution in [0.3, 0.4) is 0 Å². The number of amides is 3. The van der Waals surface area contributed by atoms with E-state index >= 15 is 0 Å². The minimum Gasteiger partial charge on any atom is -0.477 e. The number of carboxylic acid groups (broad SMARTS) is 2. The Kier molecular flexibility index (Phi) is 13.4. The normalized spacial score (nSPS) is 23.2. The van der Waals surface area contributed by atoms with Crippen LogP contribution in [-0.4, -0.2) is 136 Å². The molecule has 4 atom stereocenters. The lowest BCUT2D eigenvalue weighted by Crippen LogP contribution is -2.70. The number of aliphatic carboxylic acids is 2. The van der Waals surface area contributed by atoms with Crippen LogP contribution in [0.4, 0.5) is 0 Å².